The average Bonchev–Trinajstić information content (AvgIpc) is 2.08. The molecule has 14 heavy (non-hydrogen) atoms. The highest BCUT2D eigenvalue weighted by Crippen LogP contribution is 2.24. The van der Waals surface area contributed by atoms with E-state index in [-0.39, 0.29) is 5.60 Å². The summed E-state index contributed by atoms with van der Waals surface area (Å²) in [7, 11) is 0. The molecule has 1 aromatic rings. The highest BCUT2D eigenvalue weighted by molar-refractivity contribution is 6.30. The van der Waals surface area contributed by atoms with Crippen LogP contribution in [0.4, 0.5) is 0 Å². The van der Waals surface area contributed by atoms with Crippen LogP contribution in [0, 0.1) is 0 Å². The molecule has 0 fully saturated rings. The van der Waals surface area contributed by atoms with Gasteiger partial charge in [0.2, 0.25) is 0 Å². The zero-order valence-electron chi connectivity index (χ0n) is 8.75. The van der Waals surface area contributed by atoms with Gasteiger partial charge >= 0.3 is 0 Å². The molecule has 0 aliphatic rings. The maximum atomic E-state index is 5.83. The summed E-state index contributed by atoms with van der Waals surface area (Å²) in [5, 5.41) is 0.316. The van der Waals surface area contributed by atoms with E-state index in [9.17, 15) is 0 Å². The first-order chi connectivity index (χ1) is 6.55. The van der Waals surface area contributed by atoms with Crippen molar-refractivity contribution >= 4 is 11.6 Å². The lowest BCUT2D eigenvalue weighted by molar-refractivity contribution is 0.0922. The molecule has 1 heterocycles. The van der Waals surface area contributed by atoms with E-state index in [2.05, 4.69) is 16.9 Å². The molecular formula is C10H15ClN2O. The van der Waals surface area contributed by atoms with Crippen LogP contribution in [0.2, 0.25) is 5.15 Å². The van der Waals surface area contributed by atoms with Gasteiger partial charge in [-0.3, -0.25) is 0 Å². The number of hydrogen-bond donors (Lipinski definition) is 0. The van der Waals surface area contributed by atoms with E-state index in [4.69, 9.17) is 16.3 Å². The minimum atomic E-state index is -0.242. The highest BCUT2D eigenvalue weighted by atomic mass is 35.5. The van der Waals surface area contributed by atoms with Gasteiger partial charge in [-0.2, -0.15) is 0 Å². The summed E-state index contributed by atoms with van der Waals surface area (Å²) in [4.78, 5) is 7.93. The number of nitrogens with zero attached hydrogens (tertiary/aromatic N) is 2. The van der Waals surface area contributed by atoms with E-state index in [1.807, 2.05) is 13.8 Å². The lowest BCUT2D eigenvalue weighted by Gasteiger charge is -2.25. The third kappa shape index (κ3) is 3.14. The van der Waals surface area contributed by atoms with Crippen molar-refractivity contribution in [1.82, 2.24) is 9.97 Å². The predicted octanol–water partition coefficient (Wildman–Crippen LogP) is 3.09. The molecule has 0 unspecified atom stereocenters. The van der Waals surface area contributed by atoms with E-state index >= 15 is 0 Å². The fraction of sp³-hybridized carbons (Fsp3) is 0.600. The van der Waals surface area contributed by atoms with Gasteiger partial charge in [0.1, 0.15) is 5.60 Å². The Hall–Kier alpha value is -0.830. The van der Waals surface area contributed by atoms with E-state index in [0.29, 0.717) is 11.0 Å². The Balaban J connectivity index is 2.73. The summed E-state index contributed by atoms with van der Waals surface area (Å²) in [6.07, 6.45) is 5.13. The maximum Gasteiger partial charge on any atom is 0.252 e. The first-order valence-electron chi connectivity index (χ1n) is 4.70. The van der Waals surface area contributed by atoms with Crippen LogP contribution in [0.1, 0.15) is 33.6 Å². The third-order valence-corrected chi connectivity index (χ3v) is 2.11. The van der Waals surface area contributed by atoms with E-state index < -0.39 is 0 Å². The lowest BCUT2D eigenvalue weighted by atomic mass is 10.0. The number of rotatable bonds is 4. The van der Waals surface area contributed by atoms with E-state index in [1.165, 1.54) is 0 Å². The highest BCUT2D eigenvalue weighted by Gasteiger charge is 2.20. The van der Waals surface area contributed by atoms with Crippen LogP contribution in [-0.4, -0.2) is 15.6 Å². The molecule has 1 aromatic heterocycles. The molecule has 0 spiro atoms. The van der Waals surface area contributed by atoms with Gasteiger partial charge in [-0.25, -0.2) is 9.97 Å². The number of ether oxygens (including phenoxy) is 1. The molecule has 1 rings (SSSR count). The average molecular weight is 215 g/mol. The smallest absolute Gasteiger partial charge is 0.252 e. The Kier molecular flexibility index (Phi) is 3.69. The first kappa shape index (κ1) is 11.2. The Morgan fingerprint density at radius 1 is 1.36 bits per heavy atom. The minimum absolute atomic E-state index is 0.242. The van der Waals surface area contributed by atoms with Crippen LogP contribution in [0.5, 0.6) is 5.88 Å². The van der Waals surface area contributed by atoms with Crippen LogP contribution in [-0.2, 0) is 0 Å². The summed E-state index contributed by atoms with van der Waals surface area (Å²) in [5.74, 6) is 0.410. The molecule has 78 valence electrons. The Labute approximate surface area is 89.5 Å². The van der Waals surface area contributed by atoms with Crippen molar-refractivity contribution in [3.63, 3.8) is 0 Å². The van der Waals surface area contributed by atoms with Crippen LogP contribution < -0.4 is 4.74 Å². The van der Waals surface area contributed by atoms with Crippen molar-refractivity contribution in [2.75, 3.05) is 0 Å². The second kappa shape index (κ2) is 4.60. The SMILES string of the molecule is CCCC(C)(C)Oc1nccnc1Cl. The van der Waals surface area contributed by atoms with Crippen molar-refractivity contribution in [2.45, 2.75) is 39.2 Å². The summed E-state index contributed by atoms with van der Waals surface area (Å²) in [5.41, 5.74) is -0.242. The monoisotopic (exact) mass is 214 g/mol. The molecule has 0 bridgehead atoms. The minimum Gasteiger partial charge on any atom is -0.469 e. The molecule has 0 saturated heterocycles. The molecule has 3 nitrogen and oxygen atoms in total. The molecule has 0 radical (unpaired) electrons. The van der Waals surface area contributed by atoms with Gasteiger partial charge in [0.05, 0.1) is 0 Å². The number of hydrogen-bond acceptors (Lipinski definition) is 3. The molecule has 0 aliphatic heterocycles. The van der Waals surface area contributed by atoms with Gasteiger partial charge in [0, 0.05) is 12.4 Å². The molecular weight excluding hydrogens is 200 g/mol. The number of halogens is 1. The molecule has 0 N–H and O–H groups in total. The molecule has 0 aromatic carbocycles. The predicted molar refractivity (Wildman–Crippen MR) is 56.7 cm³/mol. The van der Waals surface area contributed by atoms with Crippen molar-refractivity contribution in [3.05, 3.63) is 17.5 Å². The quantitative estimate of drug-likeness (QED) is 0.773. The van der Waals surface area contributed by atoms with Crippen LogP contribution in [0.3, 0.4) is 0 Å². The van der Waals surface area contributed by atoms with Crippen LogP contribution >= 0.6 is 11.6 Å². The Morgan fingerprint density at radius 3 is 2.57 bits per heavy atom. The van der Waals surface area contributed by atoms with Gasteiger partial charge < -0.3 is 4.74 Å². The number of aromatic nitrogens is 2. The van der Waals surface area contributed by atoms with E-state index in [0.717, 1.165) is 12.8 Å². The van der Waals surface area contributed by atoms with Crippen molar-refractivity contribution in [1.29, 1.82) is 0 Å². The summed E-state index contributed by atoms with van der Waals surface area (Å²) in [6, 6.07) is 0. The van der Waals surface area contributed by atoms with Crippen molar-refractivity contribution in [3.8, 4) is 5.88 Å². The zero-order valence-corrected chi connectivity index (χ0v) is 9.51. The third-order valence-electron chi connectivity index (χ3n) is 1.85. The normalized spacial score (nSPS) is 11.4. The van der Waals surface area contributed by atoms with Gasteiger partial charge in [-0.15, -0.1) is 0 Å². The molecule has 0 amide bonds. The van der Waals surface area contributed by atoms with Gasteiger partial charge in [0.15, 0.2) is 5.15 Å². The zero-order chi connectivity index (χ0) is 10.6. The topological polar surface area (TPSA) is 35.0 Å². The lowest BCUT2D eigenvalue weighted by Crippen LogP contribution is -2.28. The van der Waals surface area contributed by atoms with Gasteiger partial charge in [-0.1, -0.05) is 24.9 Å². The second-order valence-electron chi connectivity index (χ2n) is 3.76. The summed E-state index contributed by atoms with van der Waals surface area (Å²) in [6.45, 7) is 6.15. The Morgan fingerprint density at radius 2 is 2.00 bits per heavy atom. The summed E-state index contributed by atoms with van der Waals surface area (Å²) < 4.78 is 5.67. The second-order valence-corrected chi connectivity index (χ2v) is 4.12. The van der Waals surface area contributed by atoms with Crippen molar-refractivity contribution < 1.29 is 4.74 Å². The first-order valence-corrected chi connectivity index (χ1v) is 5.08. The van der Waals surface area contributed by atoms with E-state index in [1.54, 1.807) is 12.4 Å². The van der Waals surface area contributed by atoms with Gasteiger partial charge in [0.25, 0.3) is 5.88 Å². The van der Waals surface area contributed by atoms with Crippen LogP contribution in [0.15, 0.2) is 12.4 Å². The summed E-state index contributed by atoms with van der Waals surface area (Å²) >= 11 is 5.83. The molecule has 0 aliphatic carbocycles. The van der Waals surface area contributed by atoms with Crippen molar-refractivity contribution in [2.24, 2.45) is 0 Å². The fourth-order valence-electron chi connectivity index (χ4n) is 1.29. The fourth-order valence-corrected chi connectivity index (χ4v) is 1.44. The maximum absolute atomic E-state index is 5.83. The van der Waals surface area contributed by atoms with Gasteiger partial charge in [-0.05, 0) is 20.3 Å². The molecule has 0 atom stereocenters. The molecule has 4 heteroatoms. The van der Waals surface area contributed by atoms with Crippen LogP contribution in [0.25, 0.3) is 0 Å². The molecule has 0 saturated carbocycles. The largest absolute Gasteiger partial charge is 0.469 e. The standard InChI is InChI=1S/C10H15ClN2O/c1-4-5-10(2,3)14-9-8(11)12-6-7-13-9/h6-7H,4-5H2,1-3H3. The Bertz CT molecular complexity index is 302.